The van der Waals surface area contributed by atoms with Gasteiger partial charge in [0.1, 0.15) is 10.6 Å². The molecule has 163 valence electrons. The van der Waals surface area contributed by atoms with Crippen molar-refractivity contribution < 1.29 is 4.74 Å². The zero-order valence-corrected chi connectivity index (χ0v) is 21.2. The van der Waals surface area contributed by atoms with Gasteiger partial charge in [0.15, 0.2) is 5.13 Å². The molecule has 1 radical (unpaired) electrons. The summed E-state index contributed by atoms with van der Waals surface area (Å²) in [4.78, 5) is 13.5. The summed E-state index contributed by atoms with van der Waals surface area (Å²) in [6.45, 7) is 16.5. The minimum atomic E-state index is -0.184. The fourth-order valence-corrected chi connectivity index (χ4v) is 6.58. The van der Waals surface area contributed by atoms with Gasteiger partial charge in [0, 0.05) is 13.1 Å². The third-order valence-electron chi connectivity index (χ3n) is 6.68. The minimum Gasteiger partial charge on any atom is -0.378 e. The van der Waals surface area contributed by atoms with Crippen molar-refractivity contribution in [3.8, 4) is 0 Å². The second-order valence-corrected chi connectivity index (χ2v) is 11.2. The third-order valence-corrected chi connectivity index (χ3v) is 8.97. The monoisotopic (exact) mass is 493 g/mol. The van der Waals surface area contributed by atoms with E-state index in [4.69, 9.17) is 19.8 Å². The highest BCUT2D eigenvalue weighted by Crippen LogP contribution is 2.47. The number of nitrogens with zero attached hydrogens (tertiary/aromatic N) is 5. The van der Waals surface area contributed by atoms with Gasteiger partial charge in [-0.25, -0.2) is 4.98 Å². The number of morpholine rings is 1. The summed E-state index contributed by atoms with van der Waals surface area (Å²) in [7, 11) is 0. The van der Waals surface area contributed by atoms with E-state index in [1.165, 1.54) is 4.88 Å². The summed E-state index contributed by atoms with van der Waals surface area (Å²) in [5.74, 6) is 1.89. The van der Waals surface area contributed by atoms with E-state index in [1.54, 1.807) is 11.3 Å². The van der Waals surface area contributed by atoms with Gasteiger partial charge in [-0.2, -0.15) is 4.99 Å². The Morgan fingerprint density at radius 3 is 2.53 bits per heavy atom. The predicted octanol–water partition coefficient (Wildman–Crippen LogP) is 5.12. The molecule has 2 unspecified atom stereocenters. The van der Waals surface area contributed by atoms with E-state index in [0.717, 1.165) is 72.9 Å². The van der Waals surface area contributed by atoms with E-state index in [9.17, 15) is 0 Å². The molecule has 4 rings (SSSR count). The van der Waals surface area contributed by atoms with Crippen LogP contribution in [0.25, 0.3) is 5.70 Å². The van der Waals surface area contributed by atoms with Crippen molar-refractivity contribution in [1.82, 2.24) is 9.99 Å². The summed E-state index contributed by atoms with van der Waals surface area (Å²) in [6, 6.07) is 0. The molecule has 6 nitrogen and oxygen atoms in total. The van der Waals surface area contributed by atoms with Crippen LogP contribution in [0.3, 0.4) is 0 Å². The quantitative estimate of drug-likeness (QED) is 0.422. The number of thiazole rings is 1. The van der Waals surface area contributed by atoms with E-state index in [0.29, 0.717) is 5.92 Å². The van der Waals surface area contributed by atoms with Crippen LogP contribution in [0, 0.1) is 18.8 Å². The number of amidine groups is 1. The van der Waals surface area contributed by atoms with Gasteiger partial charge in [-0.3, -0.25) is 0 Å². The molecule has 1 saturated heterocycles. The number of hydrazone groups is 1. The highest BCUT2D eigenvalue weighted by Gasteiger charge is 2.57. The second-order valence-electron chi connectivity index (χ2n) is 8.54. The van der Waals surface area contributed by atoms with Crippen molar-refractivity contribution in [3.63, 3.8) is 0 Å². The van der Waals surface area contributed by atoms with Crippen LogP contribution in [0.4, 0.5) is 5.13 Å². The first-order chi connectivity index (χ1) is 14.3. The molecule has 4 heterocycles. The highest BCUT2D eigenvalue weighted by atomic mass is 79.9. The molecule has 8 heteroatoms. The summed E-state index contributed by atoms with van der Waals surface area (Å²) in [5.41, 5.74) is 4.27. The number of ether oxygens (including phenoxy) is 1. The number of aromatic nitrogens is 1. The van der Waals surface area contributed by atoms with Crippen LogP contribution in [0.2, 0.25) is 0 Å². The summed E-state index contributed by atoms with van der Waals surface area (Å²) in [5, 5.41) is 8.21. The molecule has 1 aromatic rings. The smallest absolute Gasteiger partial charge is 0.294 e. The number of aliphatic imine (C=N–C) groups is 1. The Kier molecular flexibility index (Phi) is 6.23. The maximum Gasteiger partial charge on any atom is 0.294 e. The molecule has 3 aliphatic rings. The topological polar surface area (TPSA) is 56.0 Å². The Balaban J connectivity index is 1.74. The molecule has 0 N–H and O–H groups in total. The standard InChI is InChI=1S/C22H32BrN5OS/c1-7-16(8-2)17-20-24-13(3)18(28(20)26-15(5)22(17,6)23)19-14(4)25-21(30-19)27-9-11-29-12-10-27/h16-17H,7-12H2,1-6H3/q+1. The molecular formula is C22H32BrN5OS+. The zero-order chi connectivity index (χ0) is 21.6. The van der Waals surface area contributed by atoms with Crippen molar-refractivity contribution in [3.05, 3.63) is 16.3 Å². The van der Waals surface area contributed by atoms with Crippen LogP contribution in [0.15, 0.2) is 15.8 Å². The third kappa shape index (κ3) is 3.59. The first-order valence-corrected chi connectivity index (χ1v) is 12.5. The molecule has 0 saturated carbocycles. The fourth-order valence-electron chi connectivity index (χ4n) is 4.72. The van der Waals surface area contributed by atoms with Crippen molar-refractivity contribution >= 4 is 49.6 Å². The second kappa shape index (κ2) is 8.45. The summed E-state index contributed by atoms with van der Waals surface area (Å²) in [6.07, 6.45) is 2.25. The molecule has 0 amide bonds. The SMILES string of the molecule is CCC(CC)C1C2=NC(C)=C(c3sc(N4CCOCC4)nc3C)[N+]2N=C(C)C1(C)Br. The minimum absolute atomic E-state index is 0.184. The number of allylic oxidation sites excluding steroid dienone is 1. The van der Waals surface area contributed by atoms with E-state index >= 15 is 0 Å². The number of alkyl halides is 1. The van der Waals surface area contributed by atoms with E-state index in [-0.39, 0.29) is 10.2 Å². The van der Waals surface area contributed by atoms with Gasteiger partial charge in [-0.15, -0.1) is 0 Å². The average molecular weight is 495 g/mol. The van der Waals surface area contributed by atoms with Crippen LogP contribution in [0.5, 0.6) is 0 Å². The summed E-state index contributed by atoms with van der Waals surface area (Å²) < 4.78 is 5.33. The Labute approximate surface area is 192 Å². The van der Waals surface area contributed by atoms with E-state index in [1.807, 2.05) is 0 Å². The number of aryl methyl sites for hydroxylation is 1. The van der Waals surface area contributed by atoms with E-state index in [2.05, 4.69) is 67.4 Å². The van der Waals surface area contributed by atoms with Gasteiger partial charge in [0.25, 0.3) is 11.5 Å². The first kappa shape index (κ1) is 22.1. The number of fused-ring (bicyclic) bond motifs is 1. The van der Waals surface area contributed by atoms with Gasteiger partial charge in [0.05, 0.1) is 39.9 Å². The molecule has 0 bridgehead atoms. The van der Waals surface area contributed by atoms with Crippen molar-refractivity contribution in [2.75, 3.05) is 31.2 Å². The van der Waals surface area contributed by atoms with Crippen molar-refractivity contribution in [1.29, 1.82) is 0 Å². The van der Waals surface area contributed by atoms with Crippen LogP contribution in [-0.4, -0.2) is 47.2 Å². The van der Waals surface area contributed by atoms with Crippen LogP contribution in [-0.2, 0) is 4.74 Å². The number of hydrogen-bond donors (Lipinski definition) is 0. The molecule has 3 aliphatic heterocycles. The molecule has 1 aromatic heterocycles. The van der Waals surface area contributed by atoms with Gasteiger partial charge >= 0.3 is 0 Å². The van der Waals surface area contributed by atoms with Crippen molar-refractivity contribution in [2.45, 2.75) is 58.7 Å². The lowest BCUT2D eigenvalue weighted by Gasteiger charge is -2.37. The molecule has 30 heavy (non-hydrogen) atoms. The molecular weight excluding hydrogens is 462 g/mol. The van der Waals surface area contributed by atoms with Crippen molar-refractivity contribution in [2.24, 2.45) is 21.9 Å². The van der Waals surface area contributed by atoms with Gasteiger partial charge < -0.3 is 9.64 Å². The summed E-state index contributed by atoms with van der Waals surface area (Å²) >= 11 is 5.78. The Morgan fingerprint density at radius 1 is 1.23 bits per heavy atom. The molecule has 0 spiro atoms. The Morgan fingerprint density at radius 2 is 1.90 bits per heavy atom. The van der Waals surface area contributed by atoms with Crippen LogP contribution < -0.4 is 9.91 Å². The Hall–Kier alpha value is -1.09. The molecule has 2 atom stereocenters. The van der Waals surface area contributed by atoms with Gasteiger partial charge in [-0.1, -0.05) is 54.0 Å². The van der Waals surface area contributed by atoms with Gasteiger partial charge in [-0.05, 0) is 38.7 Å². The number of hydrogen-bond acceptors (Lipinski definition) is 7. The molecule has 0 aromatic carbocycles. The molecule has 1 fully saturated rings. The first-order valence-electron chi connectivity index (χ1n) is 10.9. The van der Waals surface area contributed by atoms with Crippen LogP contribution in [0.1, 0.15) is 58.0 Å². The lowest BCUT2D eigenvalue weighted by atomic mass is 9.75. The maximum absolute atomic E-state index is 5.51. The lowest BCUT2D eigenvalue weighted by molar-refractivity contribution is 0.122. The zero-order valence-electron chi connectivity index (χ0n) is 18.8. The molecule has 0 aliphatic carbocycles. The number of rotatable bonds is 5. The number of halogens is 1. The maximum atomic E-state index is 5.51. The fraction of sp³-hybridized carbons (Fsp3) is 0.682. The Bertz CT molecular complexity index is 909. The average Bonchev–Trinajstić information content (AvgIpc) is 3.25. The largest absolute Gasteiger partial charge is 0.378 e. The van der Waals surface area contributed by atoms with Gasteiger partial charge in [0.2, 0.25) is 0 Å². The number of anilines is 1. The normalized spacial score (nSPS) is 27.6. The van der Waals surface area contributed by atoms with E-state index < -0.39 is 0 Å². The van der Waals surface area contributed by atoms with Crippen LogP contribution >= 0.6 is 27.3 Å². The lowest BCUT2D eigenvalue weighted by Crippen LogP contribution is -2.54. The predicted molar refractivity (Wildman–Crippen MR) is 130 cm³/mol. The highest BCUT2D eigenvalue weighted by molar-refractivity contribution is 9.10.